The van der Waals surface area contributed by atoms with E-state index >= 15 is 0 Å². The number of nitrogens with zero attached hydrogens (tertiary/aromatic N) is 4. The molecular formula is C24H33N5O2S. The van der Waals surface area contributed by atoms with Crippen molar-refractivity contribution < 1.29 is 9.53 Å². The highest BCUT2D eigenvalue weighted by Gasteiger charge is 2.46. The monoisotopic (exact) mass is 455 g/mol. The number of thioether (sulfide) groups is 1. The summed E-state index contributed by atoms with van der Waals surface area (Å²) in [4.78, 5) is 21.8. The second-order valence-electron chi connectivity index (χ2n) is 8.75. The van der Waals surface area contributed by atoms with Crippen LogP contribution < -0.4 is 5.32 Å². The fourth-order valence-electron chi connectivity index (χ4n) is 4.54. The van der Waals surface area contributed by atoms with E-state index in [0.717, 1.165) is 18.7 Å². The molecule has 0 spiro atoms. The van der Waals surface area contributed by atoms with Crippen molar-refractivity contribution in [1.29, 1.82) is 5.26 Å². The molecule has 0 aromatic heterocycles. The first-order valence-corrected chi connectivity index (χ1v) is 12.6. The molecule has 1 aromatic rings. The van der Waals surface area contributed by atoms with Gasteiger partial charge < -0.3 is 19.9 Å². The minimum Gasteiger partial charge on any atom is -0.478 e. The number of hydrogen-bond acceptors (Lipinski definition) is 7. The van der Waals surface area contributed by atoms with Gasteiger partial charge in [0.05, 0.1) is 12.1 Å². The van der Waals surface area contributed by atoms with E-state index in [1.807, 2.05) is 13.8 Å². The molecular weight excluding hydrogens is 422 g/mol. The van der Waals surface area contributed by atoms with Crippen molar-refractivity contribution in [2.75, 3.05) is 44.6 Å². The van der Waals surface area contributed by atoms with Gasteiger partial charge in [0.15, 0.2) is 5.92 Å². The van der Waals surface area contributed by atoms with Crippen molar-refractivity contribution >= 4 is 29.3 Å². The van der Waals surface area contributed by atoms with Gasteiger partial charge in [0.1, 0.15) is 17.2 Å². The van der Waals surface area contributed by atoms with Gasteiger partial charge in [-0.3, -0.25) is 4.79 Å². The van der Waals surface area contributed by atoms with Gasteiger partial charge >= 0.3 is 0 Å². The first-order chi connectivity index (χ1) is 15.6. The van der Waals surface area contributed by atoms with Gasteiger partial charge in [-0.25, -0.2) is 4.99 Å². The van der Waals surface area contributed by atoms with E-state index in [4.69, 9.17) is 4.74 Å². The fraction of sp³-hybridized carbons (Fsp3) is 0.625. The summed E-state index contributed by atoms with van der Waals surface area (Å²) in [5.74, 6) is 0.0137. The molecule has 8 heteroatoms. The minimum absolute atomic E-state index is 0.0637. The second-order valence-corrected chi connectivity index (χ2v) is 10.1. The van der Waals surface area contributed by atoms with E-state index in [1.165, 1.54) is 31.5 Å². The topological polar surface area (TPSA) is 81.0 Å². The molecule has 4 atom stereocenters. The van der Waals surface area contributed by atoms with Crippen LogP contribution in [0.5, 0.6) is 0 Å². The van der Waals surface area contributed by atoms with Crippen molar-refractivity contribution in [2.45, 2.75) is 49.8 Å². The summed E-state index contributed by atoms with van der Waals surface area (Å²) >= 11 is 1.54. The van der Waals surface area contributed by atoms with Crippen molar-refractivity contribution in [1.82, 2.24) is 9.80 Å². The standard InChI is InChI=1S/C24H33N5O2S/c1-3-29-23(30)21(32-24(29)20(14-25)22-27-17(2)16-31-22)15-26-19-8-6-18(7-9-19)10-13-28-11-4-5-12-28/h6-9,17,20-21,24,26H,3-5,10-13,15-16H2,1-2H3/t17-,20?,21?,24?/m0/s1. The van der Waals surface area contributed by atoms with Crippen LogP contribution in [-0.2, 0) is 16.0 Å². The normalized spacial score (nSPS) is 26.7. The average Bonchev–Trinajstić information content (AvgIpc) is 3.54. The van der Waals surface area contributed by atoms with E-state index in [2.05, 4.69) is 45.5 Å². The third-order valence-electron chi connectivity index (χ3n) is 6.38. The van der Waals surface area contributed by atoms with Gasteiger partial charge in [-0.1, -0.05) is 12.1 Å². The fourth-order valence-corrected chi connectivity index (χ4v) is 6.04. The molecule has 2 fully saturated rings. The van der Waals surface area contributed by atoms with Crippen LogP contribution >= 0.6 is 11.8 Å². The molecule has 3 aliphatic heterocycles. The number of ether oxygens (including phenoxy) is 1. The van der Waals surface area contributed by atoms with Crippen molar-refractivity contribution in [3.05, 3.63) is 29.8 Å². The lowest BCUT2D eigenvalue weighted by molar-refractivity contribution is -0.129. The maximum absolute atomic E-state index is 13.0. The SMILES string of the molecule is CCN1C(=O)C(CNc2ccc(CCN3CCCC3)cc2)SC1C(C#N)C1=N[C@@H](C)CO1. The van der Waals surface area contributed by atoms with Crippen LogP contribution in [0.1, 0.15) is 32.3 Å². The molecule has 3 aliphatic rings. The molecule has 0 aliphatic carbocycles. The van der Waals surface area contributed by atoms with Crippen LogP contribution in [0.25, 0.3) is 0 Å². The van der Waals surface area contributed by atoms with E-state index in [1.54, 1.807) is 16.7 Å². The third-order valence-corrected chi connectivity index (χ3v) is 7.88. The van der Waals surface area contributed by atoms with Gasteiger partial charge in [0.25, 0.3) is 0 Å². The van der Waals surface area contributed by atoms with Crippen LogP contribution in [0, 0.1) is 17.2 Å². The van der Waals surface area contributed by atoms with E-state index in [9.17, 15) is 10.1 Å². The van der Waals surface area contributed by atoms with Crippen LogP contribution in [0.3, 0.4) is 0 Å². The lowest BCUT2D eigenvalue weighted by Gasteiger charge is -2.25. The molecule has 3 unspecified atom stereocenters. The molecule has 0 radical (unpaired) electrons. The quantitative estimate of drug-likeness (QED) is 0.617. The molecule has 2 saturated heterocycles. The number of amides is 1. The average molecular weight is 456 g/mol. The van der Waals surface area contributed by atoms with Crippen molar-refractivity contribution in [3.8, 4) is 6.07 Å². The molecule has 4 rings (SSSR count). The Labute approximate surface area is 195 Å². The number of nitrogens with one attached hydrogen (secondary N) is 1. The number of benzene rings is 1. The van der Waals surface area contributed by atoms with Crippen molar-refractivity contribution in [3.63, 3.8) is 0 Å². The van der Waals surface area contributed by atoms with Crippen molar-refractivity contribution in [2.24, 2.45) is 10.9 Å². The number of hydrogen-bond donors (Lipinski definition) is 1. The Morgan fingerprint density at radius 3 is 2.69 bits per heavy atom. The van der Waals surface area contributed by atoms with Crippen LogP contribution in [0.4, 0.5) is 5.69 Å². The van der Waals surface area contributed by atoms with Gasteiger partial charge in [0, 0.05) is 25.3 Å². The third kappa shape index (κ3) is 5.21. The molecule has 3 heterocycles. The summed E-state index contributed by atoms with van der Waals surface area (Å²) in [5, 5.41) is 12.7. The maximum Gasteiger partial charge on any atom is 0.238 e. The summed E-state index contributed by atoms with van der Waals surface area (Å²) in [6, 6.07) is 10.9. The highest BCUT2D eigenvalue weighted by atomic mass is 32.2. The van der Waals surface area contributed by atoms with Gasteiger partial charge in [0.2, 0.25) is 11.8 Å². The first kappa shape index (κ1) is 22.9. The zero-order valence-electron chi connectivity index (χ0n) is 19.0. The number of rotatable bonds is 9. The highest BCUT2D eigenvalue weighted by Crippen LogP contribution is 2.37. The smallest absolute Gasteiger partial charge is 0.238 e. The molecule has 0 bridgehead atoms. The number of aliphatic imine (C=N–C) groups is 1. The van der Waals surface area contributed by atoms with Gasteiger partial charge in [-0.2, -0.15) is 5.26 Å². The van der Waals surface area contributed by atoms with Gasteiger partial charge in [-0.15, -0.1) is 11.8 Å². The second kappa shape index (κ2) is 10.6. The summed E-state index contributed by atoms with van der Waals surface area (Å²) in [6.45, 7) is 9.12. The molecule has 0 saturated carbocycles. The Kier molecular flexibility index (Phi) is 7.59. The van der Waals surface area contributed by atoms with E-state index in [0.29, 0.717) is 25.6 Å². The zero-order chi connectivity index (χ0) is 22.5. The summed E-state index contributed by atoms with van der Waals surface area (Å²) in [6.07, 6.45) is 3.73. The van der Waals surface area contributed by atoms with E-state index < -0.39 is 5.92 Å². The highest BCUT2D eigenvalue weighted by molar-refractivity contribution is 8.01. The molecule has 1 amide bonds. The Morgan fingerprint density at radius 1 is 1.31 bits per heavy atom. The summed E-state index contributed by atoms with van der Waals surface area (Å²) in [7, 11) is 0. The number of nitriles is 1. The first-order valence-electron chi connectivity index (χ1n) is 11.7. The predicted octanol–water partition coefficient (Wildman–Crippen LogP) is 2.98. The van der Waals surface area contributed by atoms with Crippen LogP contribution in [-0.4, -0.2) is 77.6 Å². The largest absolute Gasteiger partial charge is 0.478 e. The maximum atomic E-state index is 13.0. The van der Waals surface area contributed by atoms with Crippen LogP contribution in [0.2, 0.25) is 0 Å². The molecule has 1 aromatic carbocycles. The molecule has 1 N–H and O–H groups in total. The lowest BCUT2D eigenvalue weighted by Crippen LogP contribution is -2.41. The number of carbonyl (C=O) groups is 1. The lowest BCUT2D eigenvalue weighted by atomic mass is 10.1. The molecule has 7 nitrogen and oxygen atoms in total. The molecule has 172 valence electrons. The Hall–Kier alpha value is -2.24. The number of likely N-dealkylation sites (tertiary alicyclic amines) is 1. The Bertz CT molecular complexity index is 862. The van der Waals surface area contributed by atoms with Gasteiger partial charge in [-0.05, 0) is 63.9 Å². The minimum atomic E-state index is -0.534. The Morgan fingerprint density at radius 2 is 2.06 bits per heavy atom. The van der Waals surface area contributed by atoms with E-state index in [-0.39, 0.29) is 22.6 Å². The number of carbonyl (C=O) groups excluding carboxylic acids is 1. The van der Waals surface area contributed by atoms with Crippen LogP contribution in [0.15, 0.2) is 29.3 Å². The Balaban J connectivity index is 1.32. The zero-order valence-corrected chi connectivity index (χ0v) is 19.8. The summed E-state index contributed by atoms with van der Waals surface area (Å²) in [5.41, 5.74) is 2.36. The summed E-state index contributed by atoms with van der Waals surface area (Å²) < 4.78 is 5.64. The predicted molar refractivity (Wildman–Crippen MR) is 129 cm³/mol. The molecule has 32 heavy (non-hydrogen) atoms. The number of anilines is 1.